The Morgan fingerprint density at radius 2 is 0.678 bits per heavy atom. The number of hydrogen-bond acceptors (Lipinski definition) is 4. The zero-order valence-corrected chi connectivity index (χ0v) is 42.9. The van der Waals surface area contributed by atoms with Crippen molar-refractivity contribution >= 4 is 22.7 Å². The lowest BCUT2D eigenvalue weighted by molar-refractivity contribution is 0.530. The topological polar surface area (TPSA) is 36.1 Å². The number of rotatable bonds is 0. The Hall–Kier alpha value is -4.26. The van der Waals surface area contributed by atoms with Gasteiger partial charge in [0.2, 0.25) is 0 Å². The Morgan fingerprint density at radius 3 is 0.780 bits per heavy atom. The normalized spacial score (nSPS) is 9.95. The molecule has 0 N–H and O–H groups in total. The molecule has 0 amide bonds. The molecule has 1 aromatic carbocycles. The largest absolute Gasteiger partial charge is 0.469 e. The minimum absolute atomic E-state index is 1.03. The lowest BCUT2D eigenvalue weighted by Crippen LogP contribution is -1.87. The fraction of sp³-hybridized carbons (Fsp3) is 0.434. The molecule has 0 aliphatic heterocycles. The third-order valence-corrected chi connectivity index (χ3v) is 14.4. The average Bonchev–Trinajstić information content (AvgIpc) is 3.97. The van der Waals surface area contributed by atoms with Crippen LogP contribution in [-0.4, -0.2) is 9.13 Å². The van der Waals surface area contributed by atoms with Crippen molar-refractivity contribution in [3.63, 3.8) is 0 Å². The van der Waals surface area contributed by atoms with Crippen LogP contribution in [0, 0.1) is 145 Å². The first-order chi connectivity index (χ1) is 27.3. The Kier molecular flexibility index (Phi) is 22.1. The van der Waals surface area contributed by atoms with Gasteiger partial charge in [-0.15, -0.1) is 22.7 Å². The molecule has 0 spiro atoms. The fourth-order valence-corrected chi connectivity index (χ4v) is 7.23. The van der Waals surface area contributed by atoms with Gasteiger partial charge in [-0.3, -0.25) is 0 Å². The lowest BCUT2D eigenvalue weighted by atomic mass is 10.1. The molecule has 0 aliphatic rings. The van der Waals surface area contributed by atoms with Crippen LogP contribution in [0.2, 0.25) is 0 Å². The van der Waals surface area contributed by atoms with E-state index in [1.807, 2.05) is 50.4 Å². The van der Waals surface area contributed by atoms with Crippen molar-refractivity contribution in [1.29, 1.82) is 0 Å². The number of hydrogen-bond donors (Lipinski definition) is 0. The van der Waals surface area contributed by atoms with Gasteiger partial charge in [-0.2, -0.15) is 0 Å². The average molecular weight is 839 g/mol. The van der Waals surface area contributed by atoms with Crippen molar-refractivity contribution in [2.45, 2.75) is 145 Å². The van der Waals surface area contributed by atoms with Crippen molar-refractivity contribution in [2.24, 2.45) is 14.1 Å². The minimum atomic E-state index is 1.03. The molecule has 6 heteroatoms. The van der Waals surface area contributed by atoms with E-state index in [1.165, 1.54) is 105 Å². The fourth-order valence-electron chi connectivity index (χ4n) is 5.49. The smallest absolute Gasteiger partial charge is 0.103 e. The van der Waals surface area contributed by atoms with E-state index < -0.39 is 0 Å². The van der Waals surface area contributed by atoms with Gasteiger partial charge in [0.15, 0.2) is 0 Å². The highest BCUT2D eigenvalue weighted by Gasteiger charge is 2.02. The van der Waals surface area contributed by atoms with E-state index in [0.717, 1.165) is 11.5 Å². The molecule has 6 aromatic heterocycles. The molecule has 59 heavy (non-hydrogen) atoms. The summed E-state index contributed by atoms with van der Waals surface area (Å²) >= 11 is 3.66. The van der Waals surface area contributed by atoms with Crippen molar-refractivity contribution < 1.29 is 8.83 Å². The monoisotopic (exact) mass is 839 g/mol. The molecular weight excluding hydrogens is 761 g/mol. The summed E-state index contributed by atoms with van der Waals surface area (Å²) in [6.07, 6.45) is 7.88. The highest BCUT2D eigenvalue weighted by Crippen LogP contribution is 2.20. The third kappa shape index (κ3) is 16.4. The van der Waals surface area contributed by atoms with Crippen molar-refractivity contribution in [3.05, 3.63) is 170 Å². The highest BCUT2D eigenvalue weighted by atomic mass is 32.1. The van der Waals surface area contributed by atoms with Crippen molar-refractivity contribution in [1.82, 2.24) is 9.13 Å². The maximum atomic E-state index is 5.09. The lowest BCUT2D eigenvalue weighted by Gasteiger charge is -2.00. The number of aromatic nitrogens is 2. The van der Waals surface area contributed by atoms with E-state index in [-0.39, 0.29) is 0 Å². The van der Waals surface area contributed by atoms with Crippen LogP contribution >= 0.6 is 22.7 Å². The minimum Gasteiger partial charge on any atom is -0.469 e. The molecule has 4 nitrogen and oxygen atoms in total. The summed E-state index contributed by atoms with van der Waals surface area (Å²) in [6, 6.07) is 6.38. The maximum Gasteiger partial charge on any atom is 0.103 e. The third-order valence-electron chi connectivity index (χ3n) is 12.1. The molecule has 0 bridgehead atoms. The molecule has 324 valence electrons. The standard InChI is InChI=1S/C9H12.2C8H13N.2C7H10O.2C7H10S/c1-7-5-4-6-8(2)9(7)3;2*1-6-5-9(4)8(3)7(6)2;4*1-5-4-8-7(3)6(5)2/h4-6H,1-3H3;2*5H,1-4H3;4*4H,1-3H3. The van der Waals surface area contributed by atoms with Gasteiger partial charge >= 0.3 is 0 Å². The maximum absolute atomic E-state index is 5.09. The molecule has 0 atom stereocenters. The number of thiophene rings is 2. The van der Waals surface area contributed by atoms with Crippen LogP contribution in [-0.2, 0) is 14.1 Å². The number of aryl methyl sites for hydroxylation is 14. The highest BCUT2D eigenvalue weighted by molar-refractivity contribution is 7.10. The van der Waals surface area contributed by atoms with E-state index in [1.54, 1.807) is 12.5 Å². The van der Waals surface area contributed by atoms with Crippen molar-refractivity contribution in [3.8, 4) is 0 Å². The molecular formula is C53H78N2O2S2. The predicted molar refractivity (Wildman–Crippen MR) is 263 cm³/mol. The predicted octanol–water partition coefficient (Wildman–Crippen LogP) is 16.3. The second-order valence-electron chi connectivity index (χ2n) is 16.2. The molecule has 0 fully saturated rings. The summed E-state index contributed by atoms with van der Waals surface area (Å²) in [6.45, 7) is 44.4. The molecule has 0 aliphatic carbocycles. The van der Waals surface area contributed by atoms with E-state index >= 15 is 0 Å². The summed E-state index contributed by atoms with van der Waals surface area (Å²) < 4.78 is 14.5. The number of benzene rings is 1. The SMILES string of the molecule is Cc1cccc(C)c1C.Cc1cn(C)c(C)c1C.Cc1cn(C)c(C)c1C.Cc1coc(C)c1C.Cc1coc(C)c1C.Cc1csc(C)c1C.Cc1csc(C)c1C. The zero-order chi connectivity index (χ0) is 45.5. The van der Waals surface area contributed by atoms with Crippen LogP contribution in [0.25, 0.3) is 0 Å². The first-order valence-corrected chi connectivity index (χ1v) is 22.4. The van der Waals surface area contributed by atoms with Crippen LogP contribution < -0.4 is 0 Å². The molecule has 0 unspecified atom stereocenters. The summed E-state index contributed by atoms with van der Waals surface area (Å²) in [5.74, 6) is 2.06. The molecule has 0 saturated heterocycles. The van der Waals surface area contributed by atoms with Gasteiger partial charge in [0, 0.05) is 47.6 Å². The Labute approximate surface area is 368 Å². The Morgan fingerprint density at radius 1 is 0.356 bits per heavy atom. The van der Waals surface area contributed by atoms with Crippen LogP contribution in [0.15, 0.2) is 62.7 Å². The second-order valence-corrected chi connectivity index (χ2v) is 18.4. The quantitative estimate of drug-likeness (QED) is 0.153. The van der Waals surface area contributed by atoms with Crippen LogP contribution in [0.1, 0.15) is 116 Å². The summed E-state index contributed by atoms with van der Waals surface area (Å²) in [4.78, 5) is 2.89. The second kappa shape index (κ2) is 24.7. The number of nitrogens with zero attached hydrogens (tertiary/aromatic N) is 2. The van der Waals surface area contributed by atoms with Gasteiger partial charge in [0.25, 0.3) is 0 Å². The van der Waals surface area contributed by atoms with Gasteiger partial charge in [-0.05, 0) is 240 Å². The summed E-state index contributed by atoms with van der Waals surface area (Å²) in [7, 11) is 4.16. The van der Waals surface area contributed by atoms with Crippen molar-refractivity contribution in [2.75, 3.05) is 0 Å². The van der Waals surface area contributed by atoms with Crippen LogP contribution in [0.3, 0.4) is 0 Å². The molecule has 0 radical (unpaired) electrons. The molecule has 7 rings (SSSR count). The van der Waals surface area contributed by atoms with E-state index in [9.17, 15) is 0 Å². The number of furan rings is 2. The zero-order valence-electron chi connectivity index (χ0n) is 41.2. The van der Waals surface area contributed by atoms with Crippen LogP contribution in [0.5, 0.6) is 0 Å². The Bertz CT molecular complexity index is 1960. The summed E-state index contributed by atoms with van der Waals surface area (Å²) in [5, 5.41) is 4.40. The molecule has 6 heterocycles. The van der Waals surface area contributed by atoms with Gasteiger partial charge in [-0.25, -0.2) is 0 Å². The molecule has 0 saturated carbocycles. The molecule has 7 aromatic rings. The van der Waals surface area contributed by atoms with E-state index in [2.05, 4.69) is 182 Å². The summed E-state index contributed by atoms with van der Waals surface area (Å²) in [5.41, 5.74) is 23.3. The van der Waals surface area contributed by atoms with Crippen LogP contribution in [0.4, 0.5) is 0 Å². The van der Waals surface area contributed by atoms with Gasteiger partial charge in [0.05, 0.1) is 12.5 Å². The first-order valence-electron chi connectivity index (χ1n) is 20.6. The first kappa shape index (κ1) is 52.8. The van der Waals surface area contributed by atoms with Gasteiger partial charge in [-0.1, -0.05) is 18.2 Å². The van der Waals surface area contributed by atoms with E-state index in [0.29, 0.717) is 0 Å². The van der Waals surface area contributed by atoms with Gasteiger partial charge in [0.1, 0.15) is 11.5 Å². The van der Waals surface area contributed by atoms with Gasteiger partial charge < -0.3 is 18.0 Å². The van der Waals surface area contributed by atoms with E-state index in [4.69, 9.17) is 8.83 Å². The Balaban J connectivity index is 0.000000344.